The van der Waals surface area contributed by atoms with E-state index < -0.39 is 0 Å². The van der Waals surface area contributed by atoms with Gasteiger partial charge in [-0.05, 0) is 42.9 Å². The van der Waals surface area contributed by atoms with Gasteiger partial charge >= 0.3 is 0 Å². The number of nitrogens with one attached hydrogen (secondary N) is 2. The number of hydrogen-bond acceptors (Lipinski definition) is 3. The predicted molar refractivity (Wildman–Crippen MR) is 80.8 cm³/mol. The minimum absolute atomic E-state index is 0.0941. The number of hydrogen-bond donors (Lipinski definition) is 2. The van der Waals surface area contributed by atoms with Gasteiger partial charge in [-0.25, -0.2) is 0 Å². The lowest BCUT2D eigenvalue weighted by molar-refractivity contribution is -0.113. The highest BCUT2D eigenvalue weighted by Crippen LogP contribution is 2.39. The molecule has 1 saturated carbocycles. The molecule has 1 aliphatic carbocycles. The lowest BCUT2D eigenvalue weighted by Gasteiger charge is -2.21. The van der Waals surface area contributed by atoms with Crippen LogP contribution >= 0.6 is 11.8 Å². The quantitative estimate of drug-likeness (QED) is 0.865. The molecule has 1 aromatic rings. The van der Waals surface area contributed by atoms with Crippen molar-refractivity contribution in [2.24, 2.45) is 5.41 Å². The maximum Gasteiger partial charge on any atom is 0.234 e. The van der Waals surface area contributed by atoms with E-state index in [1.807, 2.05) is 0 Å². The van der Waals surface area contributed by atoms with Gasteiger partial charge in [0.25, 0.3) is 0 Å². The zero-order valence-electron chi connectivity index (χ0n) is 11.5. The summed E-state index contributed by atoms with van der Waals surface area (Å²) < 4.78 is 0. The first-order valence-electron chi connectivity index (χ1n) is 6.85. The number of benzene rings is 1. The molecule has 1 atom stereocenters. The first-order chi connectivity index (χ1) is 9.02. The van der Waals surface area contributed by atoms with Crippen LogP contribution in [0.1, 0.15) is 33.1 Å². The summed E-state index contributed by atoms with van der Waals surface area (Å²) in [4.78, 5) is 12.6. The Kier molecular flexibility index (Phi) is 3.21. The Morgan fingerprint density at radius 2 is 2.26 bits per heavy atom. The fourth-order valence-electron chi connectivity index (χ4n) is 2.97. The molecular weight excluding hydrogens is 256 g/mol. The maximum atomic E-state index is 11.4. The van der Waals surface area contributed by atoms with E-state index in [1.54, 1.807) is 11.8 Å². The summed E-state index contributed by atoms with van der Waals surface area (Å²) in [7, 11) is 0. The third-order valence-electron chi connectivity index (χ3n) is 3.95. The van der Waals surface area contributed by atoms with Crippen molar-refractivity contribution in [3.8, 4) is 0 Å². The molecule has 1 aliphatic heterocycles. The van der Waals surface area contributed by atoms with Gasteiger partial charge in [0.2, 0.25) is 5.91 Å². The van der Waals surface area contributed by atoms with Gasteiger partial charge in [-0.3, -0.25) is 4.79 Å². The summed E-state index contributed by atoms with van der Waals surface area (Å²) in [5.41, 5.74) is 2.52. The molecule has 3 rings (SSSR count). The fourth-order valence-corrected chi connectivity index (χ4v) is 3.76. The summed E-state index contributed by atoms with van der Waals surface area (Å²) in [5.74, 6) is 0.619. The highest BCUT2D eigenvalue weighted by atomic mass is 32.2. The van der Waals surface area contributed by atoms with Gasteiger partial charge in [0, 0.05) is 16.6 Å². The third-order valence-corrected chi connectivity index (χ3v) is 5.03. The Hall–Kier alpha value is -1.16. The molecule has 1 aromatic carbocycles. The van der Waals surface area contributed by atoms with E-state index in [0.29, 0.717) is 17.2 Å². The van der Waals surface area contributed by atoms with Crippen LogP contribution < -0.4 is 10.6 Å². The smallest absolute Gasteiger partial charge is 0.234 e. The number of carbonyl (C=O) groups is 1. The molecule has 1 amide bonds. The topological polar surface area (TPSA) is 41.1 Å². The van der Waals surface area contributed by atoms with Gasteiger partial charge in [0.05, 0.1) is 11.4 Å². The molecule has 3 nitrogen and oxygen atoms in total. The molecule has 19 heavy (non-hydrogen) atoms. The van der Waals surface area contributed by atoms with Crippen molar-refractivity contribution in [2.45, 2.75) is 44.0 Å². The Balaban J connectivity index is 1.72. The molecule has 1 unspecified atom stereocenters. The fraction of sp³-hybridized carbons (Fsp3) is 0.533. The van der Waals surface area contributed by atoms with Crippen LogP contribution in [-0.2, 0) is 4.79 Å². The van der Waals surface area contributed by atoms with Crippen LogP contribution in [0.25, 0.3) is 0 Å². The van der Waals surface area contributed by atoms with Crippen molar-refractivity contribution >= 4 is 29.0 Å². The second-order valence-corrected chi connectivity index (χ2v) is 7.31. The summed E-state index contributed by atoms with van der Waals surface area (Å²) in [5, 5.41) is 6.54. The minimum atomic E-state index is 0.0941. The van der Waals surface area contributed by atoms with E-state index in [4.69, 9.17) is 0 Å². The number of thioether (sulfide) groups is 1. The Bertz CT molecular complexity index is 513. The zero-order valence-corrected chi connectivity index (χ0v) is 12.3. The summed E-state index contributed by atoms with van der Waals surface area (Å²) in [6, 6.07) is 6.83. The van der Waals surface area contributed by atoms with E-state index >= 15 is 0 Å². The van der Waals surface area contributed by atoms with Crippen molar-refractivity contribution in [1.82, 2.24) is 0 Å². The van der Waals surface area contributed by atoms with Gasteiger partial charge in [0.15, 0.2) is 0 Å². The van der Waals surface area contributed by atoms with Crippen LogP contribution in [0.15, 0.2) is 23.1 Å². The van der Waals surface area contributed by atoms with Gasteiger partial charge in [0.1, 0.15) is 0 Å². The highest BCUT2D eigenvalue weighted by Gasteiger charge is 2.30. The number of anilines is 2. The molecule has 1 fully saturated rings. The van der Waals surface area contributed by atoms with E-state index in [0.717, 1.165) is 16.3 Å². The van der Waals surface area contributed by atoms with Crippen LogP contribution in [0.2, 0.25) is 0 Å². The maximum absolute atomic E-state index is 11.4. The molecule has 4 heteroatoms. The molecule has 2 aliphatic rings. The Morgan fingerprint density at radius 3 is 3.00 bits per heavy atom. The van der Waals surface area contributed by atoms with E-state index in [1.165, 1.54) is 19.3 Å². The van der Waals surface area contributed by atoms with Crippen molar-refractivity contribution < 1.29 is 4.79 Å². The normalized spacial score (nSPS) is 24.7. The van der Waals surface area contributed by atoms with Crippen LogP contribution in [0.3, 0.4) is 0 Å². The third kappa shape index (κ3) is 2.89. The van der Waals surface area contributed by atoms with E-state index in [2.05, 4.69) is 42.7 Å². The van der Waals surface area contributed by atoms with Crippen molar-refractivity contribution in [1.29, 1.82) is 0 Å². The molecule has 1 heterocycles. The second-order valence-electron chi connectivity index (χ2n) is 6.30. The molecule has 0 spiro atoms. The van der Waals surface area contributed by atoms with Crippen molar-refractivity contribution in [3.05, 3.63) is 18.2 Å². The molecule has 0 aromatic heterocycles. The van der Waals surface area contributed by atoms with Gasteiger partial charge in [-0.15, -0.1) is 11.8 Å². The van der Waals surface area contributed by atoms with E-state index in [-0.39, 0.29) is 5.91 Å². The number of amides is 1. The lowest BCUT2D eigenvalue weighted by Crippen LogP contribution is -2.20. The van der Waals surface area contributed by atoms with E-state index in [9.17, 15) is 4.79 Å². The first-order valence-corrected chi connectivity index (χ1v) is 7.84. The monoisotopic (exact) mass is 276 g/mol. The predicted octanol–water partition coefficient (Wildman–Crippen LogP) is 3.72. The standard InChI is InChI=1S/C15H20N2OS/c1-15(2)6-5-11(8-15)16-10-3-4-13-12(7-10)17-14(18)9-19-13/h3-4,7,11,16H,5-6,8-9H2,1-2H3,(H,17,18). The van der Waals surface area contributed by atoms with Crippen LogP contribution in [0, 0.1) is 5.41 Å². The van der Waals surface area contributed by atoms with Crippen LogP contribution in [0.5, 0.6) is 0 Å². The molecule has 0 radical (unpaired) electrons. The highest BCUT2D eigenvalue weighted by molar-refractivity contribution is 8.00. The van der Waals surface area contributed by atoms with Gasteiger partial charge < -0.3 is 10.6 Å². The number of rotatable bonds is 2. The van der Waals surface area contributed by atoms with Gasteiger partial charge in [-0.2, -0.15) is 0 Å². The molecule has 0 saturated heterocycles. The molecule has 2 N–H and O–H groups in total. The number of carbonyl (C=O) groups excluding carboxylic acids is 1. The average Bonchev–Trinajstić information content (AvgIpc) is 2.68. The SMILES string of the molecule is CC1(C)CCC(Nc2ccc3c(c2)NC(=O)CS3)C1. The summed E-state index contributed by atoms with van der Waals surface area (Å²) in [6.07, 6.45) is 3.72. The van der Waals surface area contributed by atoms with Gasteiger partial charge in [-0.1, -0.05) is 13.8 Å². The molecular formula is C15H20N2OS. The van der Waals surface area contributed by atoms with Crippen LogP contribution in [0.4, 0.5) is 11.4 Å². The first kappa shape index (κ1) is 12.9. The zero-order chi connectivity index (χ0) is 13.5. The molecule has 0 bridgehead atoms. The second kappa shape index (κ2) is 4.75. The average molecular weight is 276 g/mol. The van der Waals surface area contributed by atoms with Crippen molar-refractivity contribution in [2.75, 3.05) is 16.4 Å². The minimum Gasteiger partial charge on any atom is -0.382 e. The Morgan fingerprint density at radius 1 is 1.42 bits per heavy atom. The summed E-state index contributed by atoms with van der Waals surface area (Å²) in [6.45, 7) is 4.66. The lowest BCUT2D eigenvalue weighted by atomic mass is 9.92. The van der Waals surface area contributed by atoms with Crippen LogP contribution in [-0.4, -0.2) is 17.7 Å². The van der Waals surface area contributed by atoms with Crippen molar-refractivity contribution in [3.63, 3.8) is 0 Å². The largest absolute Gasteiger partial charge is 0.382 e. The molecule has 102 valence electrons. The Labute approximate surface area is 118 Å². The number of fused-ring (bicyclic) bond motifs is 1. The summed E-state index contributed by atoms with van der Waals surface area (Å²) >= 11 is 1.61.